The maximum atomic E-state index is 5.84. The molecule has 0 aromatic heterocycles. The maximum absolute atomic E-state index is 5.84. The minimum absolute atomic E-state index is 0.679. The number of hydrogen-bond acceptors (Lipinski definition) is 4. The molecule has 0 aliphatic carbocycles. The van der Waals surface area contributed by atoms with E-state index in [0.29, 0.717) is 6.61 Å². The molecule has 0 fully saturated rings. The van der Waals surface area contributed by atoms with Gasteiger partial charge in [0.15, 0.2) is 0 Å². The van der Waals surface area contributed by atoms with Crippen LogP contribution in [0.2, 0.25) is 0 Å². The third kappa shape index (κ3) is 4.94. The molecule has 102 valence electrons. The molecule has 2 N–H and O–H groups in total. The van der Waals surface area contributed by atoms with E-state index in [4.69, 9.17) is 10.5 Å². The molecule has 0 spiro atoms. The molecule has 0 saturated heterocycles. The lowest BCUT2D eigenvalue weighted by Crippen LogP contribution is -2.28. The molecule has 18 heavy (non-hydrogen) atoms. The lowest BCUT2D eigenvalue weighted by Gasteiger charge is -2.21. The molecular formula is C14H25N3O. The van der Waals surface area contributed by atoms with E-state index in [1.54, 1.807) is 0 Å². The van der Waals surface area contributed by atoms with Crippen molar-refractivity contribution in [3.63, 3.8) is 0 Å². The van der Waals surface area contributed by atoms with Crippen molar-refractivity contribution >= 4 is 5.69 Å². The SMILES string of the molecule is CCOc1ccc(N)cc1CN(C)CCN(C)C. The van der Waals surface area contributed by atoms with Crippen LogP contribution < -0.4 is 10.5 Å². The van der Waals surface area contributed by atoms with Gasteiger partial charge in [-0.3, -0.25) is 0 Å². The van der Waals surface area contributed by atoms with Crippen molar-refractivity contribution in [2.75, 3.05) is 46.6 Å². The number of likely N-dealkylation sites (N-methyl/N-ethyl adjacent to an activating group) is 2. The molecule has 0 amide bonds. The van der Waals surface area contributed by atoms with E-state index in [9.17, 15) is 0 Å². The Balaban J connectivity index is 2.66. The van der Waals surface area contributed by atoms with Crippen molar-refractivity contribution in [3.05, 3.63) is 23.8 Å². The van der Waals surface area contributed by atoms with Crippen molar-refractivity contribution < 1.29 is 4.74 Å². The summed E-state index contributed by atoms with van der Waals surface area (Å²) in [6, 6.07) is 5.83. The summed E-state index contributed by atoms with van der Waals surface area (Å²) in [6.07, 6.45) is 0. The molecule has 1 rings (SSSR count). The molecule has 0 unspecified atom stereocenters. The molecule has 4 nitrogen and oxygen atoms in total. The first-order chi connectivity index (χ1) is 8.52. The highest BCUT2D eigenvalue weighted by molar-refractivity contribution is 5.47. The summed E-state index contributed by atoms with van der Waals surface area (Å²) < 4.78 is 5.63. The van der Waals surface area contributed by atoms with Crippen LogP contribution in [0.15, 0.2) is 18.2 Å². The quantitative estimate of drug-likeness (QED) is 0.748. The van der Waals surface area contributed by atoms with E-state index in [1.165, 1.54) is 0 Å². The average molecular weight is 251 g/mol. The summed E-state index contributed by atoms with van der Waals surface area (Å²) in [7, 11) is 6.28. The van der Waals surface area contributed by atoms with Crippen LogP contribution in [0.4, 0.5) is 5.69 Å². The third-order valence-electron chi connectivity index (χ3n) is 2.75. The van der Waals surface area contributed by atoms with E-state index in [1.807, 2.05) is 25.1 Å². The molecule has 0 atom stereocenters. The molecule has 1 aromatic rings. The molecule has 1 aromatic carbocycles. The number of hydrogen-bond donors (Lipinski definition) is 1. The molecule has 0 heterocycles. The fraction of sp³-hybridized carbons (Fsp3) is 0.571. The van der Waals surface area contributed by atoms with Crippen LogP contribution in [-0.2, 0) is 6.54 Å². The Morgan fingerprint density at radius 2 is 1.89 bits per heavy atom. The first-order valence-corrected chi connectivity index (χ1v) is 6.37. The highest BCUT2D eigenvalue weighted by Crippen LogP contribution is 2.22. The number of nitrogen functional groups attached to an aromatic ring is 1. The summed E-state index contributed by atoms with van der Waals surface area (Å²) in [5.41, 5.74) is 7.78. The summed E-state index contributed by atoms with van der Waals surface area (Å²) in [5.74, 6) is 0.934. The summed E-state index contributed by atoms with van der Waals surface area (Å²) >= 11 is 0. The second kappa shape index (κ2) is 7.24. The highest BCUT2D eigenvalue weighted by Gasteiger charge is 2.07. The Bertz CT molecular complexity index is 366. The van der Waals surface area contributed by atoms with E-state index >= 15 is 0 Å². The van der Waals surface area contributed by atoms with Gasteiger partial charge in [0.05, 0.1) is 6.61 Å². The predicted molar refractivity (Wildman–Crippen MR) is 76.9 cm³/mol. The largest absolute Gasteiger partial charge is 0.494 e. The van der Waals surface area contributed by atoms with Gasteiger partial charge >= 0.3 is 0 Å². The molecule has 0 saturated carbocycles. The van der Waals surface area contributed by atoms with Crippen LogP contribution in [0.3, 0.4) is 0 Å². The second-order valence-electron chi connectivity index (χ2n) is 4.84. The van der Waals surface area contributed by atoms with Crippen molar-refractivity contribution in [2.24, 2.45) is 0 Å². The van der Waals surface area contributed by atoms with Crippen molar-refractivity contribution in [2.45, 2.75) is 13.5 Å². The number of benzene rings is 1. The smallest absolute Gasteiger partial charge is 0.123 e. The van der Waals surface area contributed by atoms with Gasteiger partial charge in [0.25, 0.3) is 0 Å². The average Bonchev–Trinajstić information content (AvgIpc) is 2.30. The van der Waals surface area contributed by atoms with Gasteiger partial charge in [0.1, 0.15) is 5.75 Å². The van der Waals surface area contributed by atoms with Gasteiger partial charge in [0.2, 0.25) is 0 Å². The number of nitrogens with two attached hydrogens (primary N) is 1. The standard InChI is InChI=1S/C14H25N3O/c1-5-18-14-7-6-13(15)10-12(14)11-17(4)9-8-16(2)3/h6-7,10H,5,8-9,11,15H2,1-4H3. The molecule has 0 bridgehead atoms. The zero-order valence-corrected chi connectivity index (χ0v) is 11.9. The van der Waals surface area contributed by atoms with Crippen LogP contribution in [0.5, 0.6) is 5.75 Å². The highest BCUT2D eigenvalue weighted by atomic mass is 16.5. The number of anilines is 1. The van der Waals surface area contributed by atoms with Gasteiger partial charge in [-0.25, -0.2) is 0 Å². The second-order valence-corrected chi connectivity index (χ2v) is 4.84. The Kier molecular flexibility index (Phi) is 5.95. The minimum Gasteiger partial charge on any atom is -0.494 e. The number of ether oxygens (including phenoxy) is 1. The predicted octanol–water partition coefficient (Wildman–Crippen LogP) is 1.66. The van der Waals surface area contributed by atoms with E-state index in [2.05, 4.69) is 30.9 Å². The third-order valence-corrected chi connectivity index (χ3v) is 2.75. The Hall–Kier alpha value is -1.26. The molecule has 0 radical (unpaired) electrons. The van der Waals surface area contributed by atoms with E-state index in [0.717, 1.165) is 36.6 Å². The Morgan fingerprint density at radius 3 is 2.50 bits per heavy atom. The minimum atomic E-state index is 0.679. The maximum Gasteiger partial charge on any atom is 0.123 e. The Labute approximate surface area is 110 Å². The van der Waals surface area contributed by atoms with Gasteiger partial charge in [-0.2, -0.15) is 0 Å². The molecule has 0 aliphatic heterocycles. The topological polar surface area (TPSA) is 41.7 Å². The van der Waals surface area contributed by atoms with Crippen molar-refractivity contribution in [1.29, 1.82) is 0 Å². The van der Waals surface area contributed by atoms with Crippen LogP contribution >= 0.6 is 0 Å². The van der Waals surface area contributed by atoms with Gasteiger partial charge in [-0.1, -0.05) is 0 Å². The van der Waals surface area contributed by atoms with Crippen LogP contribution in [0.25, 0.3) is 0 Å². The van der Waals surface area contributed by atoms with Gasteiger partial charge < -0.3 is 20.3 Å². The van der Waals surface area contributed by atoms with Crippen LogP contribution in [0, 0.1) is 0 Å². The Morgan fingerprint density at radius 1 is 1.17 bits per heavy atom. The lowest BCUT2D eigenvalue weighted by atomic mass is 10.1. The fourth-order valence-corrected chi connectivity index (χ4v) is 1.76. The van der Waals surface area contributed by atoms with E-state index in [-0.39, 0.29) is 0 Å². The van der Waals surface area contributed by atoms with Crippen LogP contribution in [0.1, 0.15) is 12.5 Å². The van der Waals surface area contributed by atoms with E-state index < -0.39 is 0 Å². The summed E-state index contributed by atoms with van der Waals surface area (Å²) in [4.78, 5) is 4.45. The molecule has 4 heteroatoms. The number of nitrogens with zero attached hydrogens (tertiary/aromatic N) is 2. The zero-order chi connectivity index (χ0) is 13.5. The fourth-order valence-electron chi connectivity index (χ4n) is 1.76. The summed E-state index contributed by atoms with van der Waals surface area (Å²) in [6.45, 7) is 5.60. The lowest BCUT2D eigenvalue weighted by molar-refractivity contribution is 0.269. The molecular weight excluding hydrogens is 226 g/mol. The zero-order valence-electron chi connectivity index (χ0n) is 11.9. The monoisotopic (exact) mass is 251 g/mol. The first kappa shape index (κ1) is 14.8. The van der Waals surface area contributed by atoms with Crippen molar-refractivity contribution in [1.82, 2.24) is 9.80 Å². The molecule has 0 aliphatic rings. The normalized spacial score (nSPS) is 11.2. The summed E-state index contributed by atoms with van der Waals surface area (Å²) in [5, 5.41) is 0. The van der Waals surface area contributed by atoms with Gasteiger partial charge in [-0.05, 0) is 46.3 Å². The van der Waals surface area contributed by atoms with Gasteiger partial charge in [0, 0.05) is 30.9 Å². The van der Waals surface area contributed by atoms with Gasteiger partial charge in [-0.15, -0.1) is 0 Å². The first-order valence-electron chi connectivity index (χ1n) is 6.37. The van der Waals surface area contributed by atoms with Crippen LogP contribution in [-0.4, -0.2) is 50.6 Å². The van der Waals surface area contributed by atoms with Crippen molar-refractivity contribution in [3.8, 4) is 5.75 Å². The number of rotatable bonds is 7.